The van der Waals surface area contributed by atoms with E-state index in [1.165, 1.54) is 0 Å². The fourth-order valence-corrected chi connectivity index (χ4v) is 3.09. The minimum absolute atomic E-state index is 0.0208. The van der Waals surface area contributed by atoms with Crippen LogP contribution in [0.3, 0.4) is 0 Å². The van der Waals surface area contributed by atoms with Crippen molar-refractivity contribution in [3.05, 3.63) is 58.9 Å². The maximum atomic E-state index is 13.3. The van der Waals surface area contributed by atoms with Crippen LogP contribution >= 0.6 is 0 Å². The first-order valence-corrected chi connectivity index (χ1v) is 9.04. The molecule has 1 saturated carbocycles. The van der Waals surface area contributed by atoms with Gasteiger partial charge in [0.2, 0.25) is 0 Å². The number of benzene rings is 1. The standard InChI is InChI=1S/C21H27N3O2/c1-14(2)13-26-20-9-7-6-8-18(20)21(25)24(17-10-11-17)12-19-15(3)22-23(5)16(19)4/h6-9,17H,1,10-13H2,2-5H3. The third-order valence-corrected chi connectivity index (χ3v) is 4.83. The van der Waals surface area contributed by atoms with Crippen LogP contribution in [0, 0.1) is 13.8 Å². The Morgan fingerprint density at radius 1 is 1.35 bits per heavy atom. The van der Waals surface area contributed by atoms with Crippen LogP contribution in [0.4, 0.5) is 0 Å². The van der Waals surface area contributed by atoms with Crippen LogP contribution in [0.15, 0.2) is 36.4 Å². The van der Waals surface area contributed by atoms with E-state index in [9.17, 15) is 4.79 Å². The molecule has 5 nitrogen and oxygen atoms in total. The summed E-state index contributed by atoms with van der Waals surface area (Å²) >= 11 is 0. The van der Waals surface area contributed by atoms with Crippen molar-refractivity contribution < 1.29 is 9.53 Å². The van der Waals surface area contributed by atoms with Crippen molar-refractivity contribution >= 4 is 5.91 Å². The van der Waals surface area contributed by atoms with Crippen LogP contribution in [0.1, 0.15) is 47.1 Å². The fourth-order valence-electron chi connectivity index (χ4n) is 3.09. The highest BCUT2D eigenvalue weighted by Gasteiger charge is 2.35. The highest BCUT2D eigenvalue weighted by molar-refractivity contribution is 5.97. The molecule has 1 aromatic carbocycles. The van der Waals surface area contributed by atoms with Gasteiger partial charge in [-0.15, -0.1) is 0 Å². The summed E-state index contributed by atoms with van der Waals surface area (Å²) in [6.07, 6.45) is 2.11. The summed E-state index contributed by atoms with van der Waals surface area (Å²) in [6, 6.07) is 7.76. The van der Waals surface area contributed by atoms with Crippen molar-refractivity contribution in [3.8, 4) is 5.75 Å². The third-order valence-electron chi connectivity index (χ3n) is 4.83. The molecule has 3 rings (SSSR count). The molecule has 0 N–H and O–H groups in total. The van der Waals surface area contributed by atoms with E-state index in [4.69, 9.17) is 4.74 Å². The number of aromatic nitrogens is 2. The monoisotopic (exact) mass is 353 g/mol. The fraction of sp³-hybridized carbons (Fsp3) is 0.429. The molecule has 0 unspecified atom stereocenters. The number of carbonyl (C=O) groups is 1. The molecule has 0 radical (unpaired) electrons. The van der Waals surface area contributed by atoms with Gasteiger partial charge in [0.05, 0.1) is 11.3 Å². The van der Waals surface area contributed by atoms with Gasteiger partial charge in [0.1, 0.15) is 12.4 Å². The molecular formula is C21H27N3O2. The second-order valence-electron chi connectivity index (χ2n) is 7.18. The first-order chi connectivity index (χ1) is 12.4. The van der Waals surface area contributed by atoms with Gasteiger partial charge in [0.15, 0.2) is 0 Å². The predicted octanol–water partition coefficient (Wildman–Crippen LogP) is 3.80. The number of carbonyl (C=O) groups excluding carboxylic acids is 1. The van der Waals surface area contributed by atoms with E-state index in [2.05, 4.69) is 18.6 Å². The Balaban J connectivity index is 1.87. The Hall–Kier alpha value is -2.56. The average molecular weight is 353 g/mol. The highest BCUT2D eigenvalue weighted by Crippen LogP contribution is 2.32. The summed E-state index contributed by atoms with van der Waals surface area (Å²) in [5, 5.41) is 4.49. The number of hydrogen-bond donors (Lipinski definition) is 0. The minimum atomic E-state index is 0.0208. The van der Waals surface area contributed by atoms with Crippen LogP contribution in [0.25, 0.3) is 0 Å². The lowest BCUT2D eigenvalue weighted by Crippen LogP contribution is -2.33. The van der Waals surface area contributed by atoms with Gasteiger partial charge in [-0.3, -0.25) is 9.48 Å². The summed E-state index contributed by atoms with van der Waals surface area (Å²) in [5.41, 5.74) is 4.75. The highest BCUT2D eigenvalue weighted by atomic mass is 16.5. The summed E-state index contributed by atoms with van der Waals surface area (Å²) in [5.74, 6) is 0.637. The quantitative estimate of drug-likeness (QED) is 0.712. The van der Waals surface area contributed by atoms with E-state index < -0.39 is 0 Å². The van der Waals surface area contributed by atoms with Crippen LogP contribution in [0.2, 0.25) is 0 Å². The van der Waals surface area contributed by atoms with Gasteiger partial charge < -0.3 is 9.64 Å². The number of rotatable bonds is 7. The second kappa shape index (κ2) is 7.36. The Kier molecular flexibility index (Phi) is 5.16. The molecule has 1 aliphatic carbocycles. The molecule has 26 heavy (non-hydrogen) atoms. The maximum absolute atomic E-state index is 13.3. The summed E-state index contributed by atoms with van der Waals surface area (Å²) in [6.45, 7) is 10.8. The summed E-state index contributed by atoms with van der Waals surface area (Å²) < 4.78 is 7.69. The van der Waals surface area contributed by atoms with E-state index in [1.54, 1.807) is 0 Å². The van der Waals surface area contributed by atoms with Gasteiger partial charge in [-0.05, 0) is 51.3 Å². The first kappa shape index (κ1) is 18.2. The van der Waals surface area contributed by atoms with Crippen molar-refractivity contribution in [2.24, 2.45) is 7.05 Å². The van der Waals surface area contributed by atoms with Gasteiger partial charge in [-0.1, -0.05) is 18.7 Å². The molecule has 5 heteroatoms. The first-order valence-electron chi connectivity index (χ1n) is 9.04. The molecule has 1 aromatic heterocycles. The predicted molar refractivity (Wildman–Crippen MR) is 102 cm³/mol. The van der Waals surface area contributed by atoms with Crippen LogP contribution in [-0.2, 0) is 13.6 Å². The van der Waals surface area contributed by atoms with E-state index in [0.29, 0.717) is 30.5 Å². The lowest BCUT2D eigenvalue weighted by Gasteiger charge is -2.24. The Labute approximate surface area is 155 Å². The van der Waals surface area contributed by atoms with Crippen LogP contribution in [-0.4, -0.2) is 33.2 Å². The number of aryl methyl sites for hydroxylation is 2. The van der Waals surface area contributed by atoms with Crippen molar-refractivity contribution in [2.45, 2.75) is 46.2 Å². The Morgan fingerprint density at radius 2 is 2.04 bits per heavy atom. The lowest BCUT2D eigenvalue weighted by atomic mass is 10.1. The van der Waals surface area contributed by atoms with Gasteiger partial charge in [0.25, 0.3) is 5.91 Å². The maximum Gasteiger partial charge on any atom is 0.258 e. The number of para-hydroxylation sites is 1. The lowest BCUT2D eigenvalue weighted by molar-refractivity contribution is 0.0725. The van der Waals surface area contributed by atoms with Gasteiger partial charge in [-0.25, -0.2) is 0 Å². The molecule has 1 aliphatic rings. The summed E-state index contributed by atoms with van der Waals surface area (Å²) in [7, 11) is 1.94. The molecule has 0 aliphatic heterocycles. The Bertz CT molecular complexity index is 834. The molecule has 0 atom stereocenters. The number of hydrogen-bond acceptors (Lipinski definition) is 3. The second-order valence-corrected chi connectivity index (χ2v) is 7.18. The molecule has 2 aromatic rings. The molecule has 1 amide bonds. The summed E-state index contributed by atoms with van der Waals surface area (Å²) in [4.78, 5) is 15.3. The number of amides is 1. The van der Waals surface area contributed by atoms with E-state index in [1.807, 2.05) is 54.7 Å². The number of ether oxygens (including phenoxy) is 1. The average Bonchev–Trinajstić information content (AvgIpc) is 3.41. The van der Waals surface area contributed by atoms with E-state index >= 15 is 0 Å². The van der Waals surface area contributed by atoms with Gasteiger partial charge >= 0.3 is 0 Å². The molecule has 1 fully saturated rings. The molecule has 0 spiro atoms. The van der Waals surface area contributed by atoms with Crippen molar-refractivity contribution in [3.63, 3.8) is 0 Å². The van der Waals surface area contributed by atoms with Gasteiger partial charge in [-0.2, -0.15) is 5.10 Å². The molecule has 138 valence electrons. The van der Waals surface area contributed by atoms with Crippen molar-refractivity contribution in [2.75, 3.05) is 6.61 Å². The minimum Gasteiger partial charge on any atom is -0.488 e. The SMILES string of the molecule is C=C(C)COc1ccccc1C(=O)N(Cc1c(C)nn(C)c1C)C1CC1. The van der Waals surface area contributed by atoms with Crippen molar-refractivity contribution in [1.82, 2.24) is 14.7 Å². The third kappa shape index (κ3) is 3.82. The normalized spacial score (nSPS) is 13.5. The molecule has 0 bridgehead atoms. The largest absolute Gasteiger partial charge is 0.488 e. The van der Waals surface area contributed by atoms with E-state index in [-0.39, 0.29) is 5.91 Å². The topological polar surface area (TPSA) is 47.4 Å². The number of nitrogens with zero attached hydrogens (tertiary/aromatic N) is 3. The zero-order valence-electron chi connectivity index (χ0n) is 16.1. The van der Waals surface area contributed by atoms with Gasteiger partial charge in [0, 0.05) is 30.9 Å². The van der Waals surface area contributed by atoms with Crippen LogP contribution < -0.4 is 4.74 Å². The zero-order valence-corrected chi connectivity index (χ0v) is 16.1. The molecular weight excluding hydrogens is 326 g/mol. The van der Waals surface area contributed by atoms with Crippen molar-refractivity contribution in [1.29, 1.82) is 0 Å². The smallest absolute Gasteiger partial charge is 0.258 e. The molecule has 1 heterocycles. The van der Waals surface area contributed by atoms with E-state index in [0.717, 1.165) is 35.4 Å². The van der Waals surface area contributed by atoms with Crippen LogP contribution in [0.5, 0.6) is 5.75 Å². The zero-order chi connectivity index (χ0) is 18.8. The molecule has 0 saturated heterocycles. The Morgan fingerprint density at radius 3 is 2.62 bits per heavy atom.